The van der Waals surface area contributed by atoms with Gasteiger partial charge in [-0.15, -0.1) is 0 Å². The zero-order valence-electron chi connectivity index (χ0n) is 24.4. The lowest BCUT2D eigenvalue weighted by molar-refractivity contribution is 0.263. The molecule has 216 valence electrons. The molecule has 2 aromatic heterocycles. The molecule has 0 amide bonds. The van der Waals surface area contributed by atoms with Crippen LogP contribution < -0.4 is 15.8 Å². The summed E-state index contributed by atoms with van der Waals surface area (Å²) in [7, 11) is 1.70. The Balaban J connectivity index is 1.56. The molecule has 0 saturated heterocycles. The number of phenolic OH excluding ortho intramolecular Hbond substituents is 1. The monoisotopic (exact) mass is 553 g/mol. The first-order valence-electron chi connectivity index (χ1n) is 15.0. The highest BCUT2D eigenvalue weighted by Crippen LogP contribution is 2.35. The van der Waals surface area contributed by atoms with Crippen molar-refractivity contribution in [2.75, 3.05) is 12.8 Å². The van der Waals surface area contributed by atoms with Crippen LogP contribution in [-0.4, -0.2) is 32.8 Å². The Morgan fingerprint density at radius 2 is 1.78 bits per heavy atom. The number of methoxy groups -OCH3 is 1. The highest BCUT2D eigenvalue weighted by Gasteiger charge is 2.28. The summed E-state index contributed by atoms with van der Waals surface area (Å²) in [6.07, 6.45) is 13.0. The van der Waals surface area contributed by atoms with Crippen molar-refractivity contribution in [3.8, 4) is 34.1 Å². The summed E-state index contributed by atoms with van der Waals surface area (Å²) in [5.74, 6) is 2.55. The van der Waals surface area contributed by atoms with Crippen LogP contribution in [0.25, 0.3) is 22.6 Å². The molecule has 1 saturated carbocycles. The second-order valence-corrected chi connectivity index (χ2v) is 11.2. The fourth-order valence-electron chi connectivity index (χ4n) is 6.05. The van der Waals surface area contributed by atoms with E-state index in [9.17, 15) is 5.11 Å². The molecule has 0 radical (unpaired) electrons. The van der Waals surface area contributed by atoms with E-state index in [0.29, 0.717) is 18.2 Å². The van der Waals surface area contributed by atoms with Gasteiger partial charge in [0.2, 0.25) is 0 Å². The molecule has 1 aliphatic carbocycles. The minimum Gasteiger partial charge on any atom is -0.506 e. The van der Waals surface area contributed by atoms with Crippen LogP contribution in [0.3, 0.4) is 0 Å². The molecule has 1 aliphatic rings. The maximum atomic E-state index is 10.2. The van der Waals surface area contributed by atoms with Gasteiger partial charge in [-0.2, -0.15) is 0 Å². The maximum Gasteiger partial charge on any atom is 0.141 e. The number of nitrogens with two attached hydrogens (primary N) is 1. The van der Waals surface area contributed by atoms with Crippen molar-refractivity contribution >= 4 is 5.69 Å². The Bertz CT molecular complexity index is 1390. The summed E-state index contributed by atoms with van der Waals surface area (Å²) >= 11 is 0. The molecule has 1 unspecified atom stereocenters. The summed E-state index contributed by atoms with van der Waals surface area (Å²) in [5.41, 5.74) is 11.8. The number of imidazole rings is 1. The van der Waals surface area contributed by atoms with Crippen LogP contribution in [0.4, 0.5) is 5.69 Å². The Morgan fingerprint density at radius 1 is 1.02 bits per heavy atom. The van der Waals surface area contributed by atoms with Crippen LogP contribution in [0, 0.1) is 5.92 Å². The molecule has 0 bridgehead atoms. The molecule has 41 heavy (non-hydrogen) atoms. The molecule has 1 atom stereocenters. The van der Waals surface area contributed by atoms with Crippen LogP contribution in [0.5, 0.6) is 11.5 Å². The van der Waals surface area contributed by atoms with E-state index < -0.39 is 0 Å². The van der Waals surface area contributed by atoms with Crippen molar-refractivity contribution in [2.45, 2.75) is 77.4 Å². The Kier molecular flexibility index (Phi) is 9.57. The van der Waals surface area contributed by atoms with E-state index in [1.807, 2.05) is 30.6 Å². The zero-order chi connectivity index (χ0) is 28.6. The number of unbranched alkanes of at least 4 members (excludes halogenated alkanes) is 1. The first-order valence-corrected chi connectivity index (χ1v) is 15.0. The lowest BCUT2D eigenvalue weighted by Gasteiger charge is -2.32. The maximum absolute atomic E-state index is 10.2. The number of ether oxygens (including phenoxy) is 1. The number of aromatic hydroxyl groups is 1. The molecule has 0 aliphatic heterocycles. The molecule has 0 spiro atoms. The van der Waals surface area contributed by atoms with Crippen molar-refractivity contribution in [1.82, 2.24) is 19.9 Å². The smallest absolute Gasteiger partial charge is 0.141 e. The van der Waals surface area contributed by atoms with Crippen molar-refractivity contribution in [2.24, 2.45) is 5.92 Å². The largest absolute Gasteiger partial charge is 0.506 e. The second kappa shape index (κ2) is 13.7. The van der Waals surface area contributed by atoms with Crippen LogP contribution in [0.1, 0.15) is 63.1 Å². The molecule has 7 nitrogen and oxygen atoms in total. The third-order valence-electron chi connectivity index (χ3n) is 8.41. The van der Waals surface area contributed by atoms with Crippen LogP contribution >= 0.6 is 0 Å². The van der Waals surface area contributed by atoms with Crippen molar-refractivity contribution in [1.29, 1.82) is 0 Å². The first-order chi connectivity index (χ1) is 20.1. The first kappa shape index (κ1) is 28.7. The van der Waals surface area contributed by atoms with Crippen molar-refractivity contribution in [3.63, 3.8) is 0 Å². The molecule has 4 N–H and O–H groups in total. The van der Waals surface area contributed by atoms with E-state index in [-0.39, 0.29) is 11.8 Å². The van der Waals surface area contributed by atoms with E-state index in [0.717, 1.165) is 59.8 Å². The molecule has 2 aromatic carbocycles. The van der Waals surface area contributed by atoms with Gasteiger partial charge in [0.25, 0.3) is 0 Å². The fraction of sp³-hybridized carbons (Fsp3) is 0.412. The van der Waals surface area contributed by atoms with Gasteiger partial charge in [-0.05, 0) is 79.3 Å². The van der Waals surface area contributed by atoms with Gasteiger partial charge in [-0.25, -0.2) is 4.98 Å². The minimum atomic E-state index is 0.139. The van der Waals surface area contributed by atoms with Crippen molar-refractivity contribution in [3.05, 3.63) is 78.2 Å². The van der Waals surface area contributed by atoms with Crippen molar-refractivity contribution < 1.29 is 9.84 Å². The molecular formula is C34H43N5O2. The van der Waals surface area contributed by atoms with Gasteiger partial charge < -0.3 is 25.5 Å². The number of benzene rings is 2. The Hall–Kier alpha value is -3.84. The number of nitrogens with zero attached hydrogens (tertiary/aromatic N) is 3. The molecule has 1 fully saturated rings. The van der Waals surface area contributed by atoms with E-state index in [1.54, 1.807) is 19.2 Å². The summed E-state index contributed by atoms with van der Waals surface area (Å²) in [6.45, 7) is 3.82. The number of nitrogens with one attached hydrogen (secondary N) is 1. The topological polar surface area (TPSA) is 98.2 Å². The van der Waals surface area contributed by atoms with Crippen LogP contribution in [-0.2, 0) is 19.5 Å². The number of pyridine rings is 1. The number of rotatable bonds is 12. The number of anilines is 1. The van der Waals surface area contributed by atoms with Gasteiger partial charge in [0.15, 0.2) is 0 Å². The quantitative estimate of drug-likeness (QED) is 0.129. The highest BCUT2D eigenvalue weighted by molar-refractivity contribution is 5.69. The number of nitrogen functional groups attached to an aromatic ring is 1. The molecule has 4 aromatic rings. The Morgan fingerprint density at radius 3 is 2.46 bits per heavy atom. The zero-order valence-corrected chi connectivity index (χ0v) is 24.4. The van der Waals surface area contributed by atoms with Crippen LogP contribution in [0.2, 0.25) is 0 Å². The number of aromatic nitrogens is 3. The third kappa shape index (κ3) is 6.91. The predicted molar refractivity (Wildman–Crippen MR) is 166 cm³/mol. The minimum absolute atomic E-state index is 0.139. The van der Waals surface area contributed by atoms with Gasteiger partial charge in [-0.1, -0.05) is 38.7 Å². The molecule has 7 heteroatoms. The number of hydrogen-bond donors (Lipinski definition) is 3. The van der Waals surface area contributed by atoms with Gasteiger partial charge in [0.1, 0.15) is 17.3 Å². The summed E-state index contributed by atoms with van der Waals surface area (Å²) in [4.78, 5) is 9.57. The number of phenols is 1. The van der Waals surface area contributed by atoms with E-state index in [2.05, 4.69) is 46.1 Å². The average molecular weight is 554 g/mol. The van der Waals surface area contributed by atoms with E-state index >= 15 is 0 Å². The Labute approximate surface area is 243 Å². The lowest BCUT2D eigenvalue weighted by Crippen LogP contribution is -2.39. The second-order valence-electron chi connectivity index (χ2n) is 11.2. The lowest BCUT2D eigenvalue weighted by atomic mass is 9.81. The molecule has 2 heterocycles. The summed E-state index contributed by atoms with van der Waals surface area (Å²) in [5, 5.41) is 14.1. The van der Waals surface area contributed by atoms with Gasteiger partial charge in [0.05, 0.1) is 18.5 Å². The van der Waals surface area contributed by atoms with E-state index in [4.69, 9.17) is 15.5 Å². The van der Waals surface area contributed by atoms with E-state index in [1.165, 1.54) is 37.8 Å². The fourth-order valence-corrected chi connectivity index (χ4v) is 6.05. The molecular weight excluding hydrogens is 510 g/mol. The molecule has 5 rings (SSSR count). The van der Waals surface area contributed by atoms with Gasteiger partial charge in [0, 0.05) is 54.8 Å². The highest BCUT2D eigenvalue weighted by atomic mass is 16.5. The average Bonchev–Trinajstić information content (AvgIpc) is 3.38. The summed E-state index contributed by atoms with van der Waals surface area (Å²) in [6, 6.07) is 18.2. The predicted octanol–water partition coefficient (Wildman–Crippen LogP) is 6.99. The normalized spacial score (nSPS) is 14.7. The SMILES string of the molecule is CCCCn1c(-c2ccncc2)nc(-c2ccc(OC)cc2)c1CC(NCc1ccc(N)c(O)c1)C1CCCCC1. The van der Waals surface area contributed by atoms with Gasteiger partial charge >= 0.3 is 0 Å². The van der Waals surface area contributed by atoms with Crippen LogP contribution in [0.15, 0.2) is 67.0 Å². The summed E-state index contributed by atoms with van der Waals surface area (Å²) < 4.78 is 7.90. The third-order valence-corrected chi connectivity index (χ3v) is 8.41. The number of hydrogen-bond acceptors (Lipinski definition) is 6. The van der Waals surface area contributed by atoms with Gasteiger partial charge in [-0.3, -0.25) is 4.98 Å². The standard InChI is InChI=1S/C34H43N5O2/c1-3-4-20-39-31(22-30(25-8-6-5-7-9-25)37-23-24-10-15-29(35)32(40)21-24)33(26-11-13-28(41-2)14-12-26)38-34(39)27-16-18-36-19-17-27/h10-19,21,25,30,37,40H,3-9,20,22-23,35H2,1-2H3.